The maximum Gasteiger partial charge on any atom is 0.303 e. The van der Waals surface area contributed by atoms with Crippen molar-refractivity contribution in [3.05, 3.63) is 48.0 Å². The first-order valence-corrected chi connectivity index (χ1v) is 12.8. The van der Waals surface area contributed by atoms with Crippen molar-refractivity contribution in [1.29, 1.82) is 0 Å². The summed E-state index contributed by atoms with van der Waals surface area (Å²) in [7, 11) is 0. The summed E-state index contributed by atoms with van der Waals surface area (Å²) >= 11 is 0. The van der Waals surface area contributed by atoms with E-state index in [0.717, 1.165) is 45.4 Å². The molecule has 2 heterocycles. The molecule has 1 aliphatic carbocycles. The molecule has 2 N–H and O–H groups in total. The third-order valence-corrected chi connectivity index (χ3v) is 7.37. The number of ketones is 1. The largest absolute Gasteiger partial charge is 0.481 e. The summed E-state index contributed by atoms with van der Waals surface area (Å²) in [6, 6.07) is 10.3. The predicted octanol–water partition coefficient (Wildman–Crippen LogP) is 3.21. The molecule has 5 atom stereocenters. The number of aliphatic carboxylic acids is 1. The number of nitrogens with zero attached hydrogens (tertiary/aromatic N) is 1. The minimum atomic E-state index is -0.760. The van der Waals surface area contributed by atoms with Gasteiger partial charge in [-0.15, -0.1) is 0 Å². The van der Waals surface area contributed by atoms with Gasteiger partial charge in [-0.3, -0.25) is 14.5 Å². The summed E-state index contributed by atoms with van der Waals surface area (Å²) in [5, 5.41) is 12.3. The van der Waals surface area contributed by atoms with E-state index in [1.165, 1.54) is 5.56 Å². The molecule has 1 saturated carbocycles. The van der Waals surface area contributed by atoms with Gasteiger partial charge in [0.05, 0.1) is 31.5 Å². The van der Waals surface area contributed by atoms with E-state index in [4.69, 9.17) is 14.6 Å². The quantitative estimate of drug-likeness (QED) is 0.379. The summed E-state index contributed by atoms with van der Waals surface area (Å²) < 4.78 is 12.4. The number of allylic oxidation sites excluding steroid dienone is 2. The maximum absolute atomic E-state index is 13.3. The number of carboxylic acids is 1. The van der Waals surface area contributed by atoms with Crippen LogP contribution < -0.4 is 5.32 Å². The molecular weight excluding hydrogens is 432 g/mol. The van der Waals surface area contributed by atoms with Gasteiger partial charge in [0, 0.05) is 44.3 Å². The lowest BCUT2D eigenvalue weighted by Gasteiger charge is -2.36. The Labute approximate surface area is 202 Å². The first kappa shape index (κ1) is 25.0. The molecule has 0 aromatic heterocycles. The summed E-state index contributed by atoms with van der Waals surface area (Å²) in [5.41, 5.74) is 1.18. The van der Waals surface area contributed by atoms with Crippen LogP contribution in [0.1, 0.15) is 50.2 Å². The molecule has 3 aliphatic rings. The molecule has 7 nitrogen and oxygen atoms in total. The van der Waals surface area contributed by atoms with Crippen LogP contribution in [0, 0.1) is 11.8 Å². The fourth-order valence-electron chi connectivity index (χ4n) is 5.64. The molecule has 1 aromatic carbocycles. The van der Waals surface area contributed by atoms with Crippen LogP contribution in [0.5, 0.6) is 0 Å². The third kappa shape index (κ3) is 6.54. The van der Waals surface area contributed by atoms with Gasteiger partial charge in [0.1, 0.15) is 0 Å². The van der Waals surface area contributed by atoms with E-state index >= 15 is 0 Å². The van der Waals surface area contributed by atoms with Gasteiger partial charge in [-0.2, -0.15) is 0 Å². The van der Waals surface area contributed by atoms with Gasteiger partial charge in [-0.1, -0.05) is 42.5 Å². The number of hydrogen-bond acceptors (Lipinski definition) is 6. The van der Waals surface area contributed by atoms with Gasteiger partial charge in [0.25, 0.3) is 0 Å². The minimum absolute atomic E-state index is 0.0283. The Balaban J connectivity index is 1.49. The van der Waals surface area contributed by atoms with Gasteiger partial charge in [-0.25, -0.2) is 0 Å². The molecule has 34 heavy (non-hydrogen) atoms. The molecule has 2 aliphatic heterocycles. The lowest BCUT2D eigenvalue weighted by atomic mass is 9.92. The Bertz CT molecular complexity index is 818. The van der Waals surface area contributed by atoms with E-state index in [2.05, 4.69) is 46.6 Å². The van der Waals surface area contributed by atoms with Gasteiger partial charge in [-0.05, 0) is 37.8 Å². The minimum Gasteiger partial charge on any atom is -0.481 e. The highest BCUT2D eigenvalue weighted by Gasteiger charge is 2.47. The normalized spacial score (nSPS) is 29.1. The summed E-state index contributed by atoms with van der Waals surface area (Å²) in [6.07, 6.45) is 7.86. The second-order valence-corrected chi connectivity index (χ2v) is 9.68. The fourth-order valence-corrected chi connectivity index (χ4v) is 5.64. The molecule has 7 heteroatoms. The highest BCUT2D eigenvalue weighted by atomic mass is 16.5. The van der Waals surface area contributed by atoms with Crippen molar-refractivity contribution in [3.63, 3.8) is 0 Å². The number of carboxylic acid groups (broad SMARTS) is 1. The number of carbonyl (C=O) groups is 2. The molecule has 1 aromatic rings. The molecule has 0 bridgehead atoms. The number of Topliss-reactive ketones (excluding diaryl/α,β-unsaturated/α-hetero) is 1. The standard InChI is InChI=1S/C27H38N2O5/c30-23-18-24(34-27(21-12-13-28-19-21)20-8-4-3-5-9-20)22(10-6-1-2-7-11-25(31)32)26(23)29-14-16-33-17-15-29/h1,3-6,8-9,21-22,24,26-28H,2,7,10-19H2,(H,31,32)/t21?,22-,24-,26+,27?/m0/s1. The van der Waals surface area contributed by atoms with Crippen molar-refractivity contribution in [2.24, 2.45) is 11.8 Å². The molecule has 2 saturated heterocycles. The van der Waals surface area contributed by atoms with Gasteiger partial charge in [0.2, 0.25) is 0 Å². The zero-order chi connectivity index (χ0) is 23.8. The van der Waals surface area contributed by atoms with E-state index < -0.39 is 5.97 Å². The Hall–Kier alpha value is -2.06. The highest BCUT2D eigenvalue weighted by Crippen LogP contribution is 2.39. The van der Waals surface area contributed by atoms with Crippen LogP contribution in [0.2, 0.25) is 0 Å². The molecule has 3 fully saturated rings. The maximum atomic E-state index is 13.3. The van der Waals surface area contributed by atoms with E-state index in [9.17, 15) is 9.59 Å². The Kier molecular flexibility index (Phi) is 9.27. The lowest BCUT2D eigenvalue weighted by Crippen LogP contribution is -2.49. The number of hydrogen-bond donors (Lipinski definition) is 2. The highest BCUT2D eigenvalue weighted by molar-refractivity contribution is 5.87. The molecule has 0 amide bonds. The monoisotopic (exact) mass is 470 g/mol. The number of unbranched alkanes of at least 4 members (excludes halogenated alkanes) is 1. The molecule has 2 unspecified atom stereocenters. The van der Waals surface area contributed by atoms with Crippen LogP contribution >= 0.6 is 0 Å². The van der Waals surface area contributed by atoms with Crippen LogP contribution in [-0.2, 0) is 19.1 Å². The molecular formula is C27H38N2O5. The number of nitrogens with one attached hydrogen (secondary N) is 1. The summed E-state index contributed by atoms with van der Waals surface area (Å²) in [4.78, 5) is 26.3. The van der Waals surface area contributed by atoms with Crippen LogP contribution in [0.3, 0.4) is 0 Å². The van der Waals surface area contributed by atoms with E-state index in [-0.39, 0.29) is 36.4 Å². The molecule has 0 spiro atoms. The molecule has 0 radical (unpaired) electrons. The topological polar surface area (TPSA) is 88.1 Å². The molecule has 4 rings (SSSR count). The van der Waals surface area contributed by atoms with Crippen molar-refractivity contribution < 1.29 is 24.2 Å². The second kappa shape index (κ2) is 12.6. The summed E-state index contributed by atoms with van der Waals surface area (Å²) in [6.45, 7) is 4.80. The predicted molar refractivity (Wildman–Crippen MR) is 130 cm³/mol. The van der Waals surface area contributed by atoms with E-state index in [1.54, 1.807) is 0 Å². The number of carbonyl (C=O) groups excluding carboxylic acids is 1. The van der Waals surface area contributed by atoms with Gasteiger partial charge in [0.15, 0.2) is 5.78 Å². The first-order valence-electron chi connectivity index (χ1n) is 12.8. The van der Waals surface area contributed by atoms with Crippen molar-refractivity contribution in [2.75, 3.05) is 39.4 Å². The van der Waals surface area contributed by atoms with Crippen molar-refractivity contribution >= 4 is 11.8 Å². The molecule has 186 valence electrons. The first-order chi connectivity index (χ1) is 16.6. The SMILES string of the molecule is O=C(O)CCCC=CC[C@H]1[C@@H](OC(c2ccccc2)C2CCNC2)CC(=O)[C@@H]1N1CCOCC1. The van der Waals surface area contributed by atoms with Crippen LogP contribution in [0.4, 0.5) is 0 Å². The van der Waals surface area contributed by atoms with Crippen LogP contribution in [0.25, 0.3) is 0 Å². The van der Waals surface area contributed by atoms with Crippen molar-refractivity contribution in [2.45, 2.75) is 56.8 Å². The number of morpholine rings is 1. The average Bonchev–Trinajstić information content (AvgIpc) is 3.48. The van der Waals surface area contributed by atoms with Crippen molar-refractivity contribution in [1.82, 2.24) is 10.2 Å². The second-order valence-electron chi connectivity index (χ2n) is 9.68. The van der Waals surface area contributed by atoms with E-state index in [0.29, 0.717) is 32.0 Å². The zero-order valence-corrected chi connectivity index (χ0v) is 19.9. The van der Waals surface area contributed by atoms with Gasteiger partial charge < -0.3 is 19.9 Å². The number of ether oxygens (including phenoxy) is 2. The fraction of sp³-hybridized carbons (Fsp3) is 0.630. The number of benzene rings is 1. The number of rotatable bonds is 11. The Morgan fingerprint density at radius 1 is 1.24 bits per heavy atom. The van der Waals surface area contributed by atoms with E-state index in [1.807, 2.05) is 6.07 Å². The summed E-state index contributed by atoms with van der Waals surface area (Å²) in [5.74, 6) is -0.00873. The van der Waals surface area contributed by atoms with Crippen LogP contribution in [-0.4, -0.2) is 73.3 Å². The smallest absolute Gasteiger partial charge is 0.303 e. The van der Waals surface area contributed by atoms with Gasteiger partial charge >= 0.3 is 5.97 Å². The van der Waals surface area contributed by atoms with Crippen LogP contribution in [0.15, 0.2) is 42.5 Å². The van der Waals surface area contributed by atoms with Crippen molar-refractivity contribution in [3.8, 4) is 0 Å². The Morgan fingerprint density at radius 3 is 2.74 bits per heavy atom. The lowest BCUT2D eigenvalue weighted by molar-refractivity contribution is -0.137. The Morgan fingerprint density at radius 2 is 2.03 bits per heavy atom. The third-order valence-electron chi connectivity index (χ3n) is 7.37. The average molecular weight is 471 g/mol. The zero-order valence-electron chi connectivity index (χ0n) is 19.9.